The average molecular weight is 397 g/mol. The predicted molar refractivity (Wildman–Crippen MR) is 102 cm³/mol. The van der Waals surface area contributed by atoms with Crippen LogP contribution in [0.1, 0.15) is 52.5 Å². The third kappa shape index (κ3) is 6.62. The molecule has 0 spiro atoms. The molecule has 0 unspecified atom stereocenters. The molecule has 0 heterocycles. The highest BCUT2D eigenvalue weighted by Gasteiger charge is 2.27. The van der Waals surface area contributed by atoms with Crippen molar-refractivity contribution in [2.24, 2.45) is 0 Å². The fourth-order valence-corrected chi connectivity index (χ4v) is 3.39. The van der Waals surface area contributed by atoms with Gasteiger partial charge >= 0.3 is 5.97 Å². The molecule has 2 N–H and O–H groups in total. The summed E-state index contributed by atoms with van der Waals surface area (Å²) in [6.45, 7) is 7.54. The van der Waals surface area contributed by atoms with E-state index in [1.165, 1.54) is 6.92 Å². The van der Waals surface area contributed by atoms with Gasteiger partial charge in [0.15, 0.2) is 6.10 Å². The molecular formula is C19H28N2O5S. The quantitative estimate of drug-likeness (QED) is 0.653. The summed E-state index contributed by atoms with van der Waals surface area (Å²) in [6, 6.07) is 6.85. The molecule has 0 aliphatic heterocycles. The molecule has 8 heteroatoms. The monoisotopic (exact) mass is 396 g/mol. The molecule has 1 fully saturated rings. The highest BCUT2D eigenvalue weighted by Crippen LogP contribution is 2.23. The van der Waals surface area contributed by atoms with Gasteiger partial charge in [-0.15, -0.1) is 0 Å². The standard InChI is InChI=1S/C19H28N2O5S/c1-13(18(23)21-15-7-8-15)26-17(22)11-12-20-27(24,25)16-9-5-14(6-10-16)19(2,3)4/h5-6,9-10,13,15,20H,7-8,11-12H2,1-4H3,(H,21,23)/t13-/m1/s1. The lowest BCUT2D eigenvalue weighted by molar-refractivity contribution is -0.154. The molecule has 0 radical (unpaired) electrons. The minimum absolute atomic E-state index is 0.0675. The fraction of sp³-hybridized carbons (Fsp3) is 0.579. The highest BCUT2D eigenvalue weighted by atomic mass is 32.2. The number of esters is 1. The zero-order chi connectivity index (χ0) is 20.2. The average Bonchev–Trinajstić information content (AvgIpc) is 3.37. The molecule has 1 aliphatic carbocycles. The Kier molecular flexibility index (Phi) is 6.64. The summed E-state index contributed by atoms with van der Waals surface area (Å²) in [6.07, 6.45) is 0.857. The Morgan fingerprint density at radius 3 is 2.30 bits per heavy atom. The predicted octanol–water partition coefficient (Wildman–Crippen LogP) is 1.86. The summed E-state index contributed by atoms with van der Waals surface area (Å²) in [5.41, 5.74) is 0.964. The van der Waals surface area contributed by atoms with Crippen LogP contribution in [0.4, 0.5) is 0 Å². The molecule has 1 amide bonds. The maximum Gasteiger partial charge on any atom is 0.307 e. The fourth-order valence-electron chi connectivity index (χ4n) is 2.36. The number of sulfonamides is 1. The molecule has 2 rings (SSSR count). The molecule has 27 heavy (non-hydrogen) atoms. The number of hydrogen-bond acceptors (Lipinski definition) is 5. The largest absolute Gasteiger partial charge is 0.453 e. The van der Waals surface area contributed by atoms with E-state index in [1.807, 2.05) is 20.8 Å². The van der Waals surface area contributed by atoms with E-state index in [2.05, 4.69) is 10.0 Å². The van der Waals surface area contributed by atoms with Gasteiger partial charge in [0.1, 0.15) is 0 Å². The highest BCUT2D eigenvalue weighted by molar-refractivity contribution is 7.89. The number of rotatable bonds is 8. The Bertz CT molecular complexity index is 777. The third-order valence-corrected chi connectivity index (χ3v) is 5.73. The van der Waals surface area contributed by atoms with Gasteiger partial charge in [0.2, 0.25) is 10.0 Å². The van der Waals surface area contributed by atoms with Crippen molar-refractivity contribution in [3.05, 3.63) is 29.8 Å². The molecule has 1 aromatic carbocycles. The van der Waals surface area contributed by atoms with Gasteiger partial charge in [-0.05, 0) is 42.9 Å². The normalized spacial score (nSPS) is 15.9. The second kappa shape index (κ2) is 8.39. The molecule has 1 aliphatic rings. The maximum atomic E-state index is 12.3. The van der Waals surface area contributed by atoms with E-state index >= 15 is 0 Å². The van der Waals surface area contributed by atoms with Crippen LogP contribution < -0.4 is 10.0 Å². The summed E-state index contributed by atoms with van der Waals surface area (Å²) in [5, 5.41) is 2.75. The van der Waals surface area contributed by atoms with E-state index in [0.717, 1.165) is 18.4 Å². The van der Waals surface area contributed by atoms with Gasteiger partial charge in [0, 0.05) is 12.6 Å². The van der Waals surface area contributed by atoms with E-state index in [1.54, 1.807) is 24.3 Å². The van der Waals surface area contributed by atoms with Crippen LogP contribution in [0, 0.1) is 0 Å². The number of hydrogen-bond donors (Lipinski definition) is 2. The summed E-state index contributed by atoms with van der Waals surface area (Å²) in [5.74, 6) is -0.954. The van der Waals surface area contributed by atoms with Gasteiger partial charge in [-0.1, -0.05) is 32.9 Å². The SMILES string of the molecule is C[C@@H](OC(=O)CCNS(=O)(=O)c1ccc(C(C)(C)C)cc1)C(=O)NC1CC1. The van der Waals surface area contributed by atoms with Gasteiger partial charge in [-0.25, -0.2) is 13.1 Å². The Balaban J connectivity index is 1.80. The molecular weight excluding hydrogens is 368 g/mol. The van der Waals surface area contributed by atoms with Gasteiger partial charge in [-0.2, -0.15) is 0 Å². The number of amides is 1. The lowest BCUT2D eigenvalue weighted by Crippen LogP contribution is -2.37. The van der Waals surface area contributed by atoms with E-state index in [4.69, 9.17) is 4.74 Å². The molecule has 0 saturated heterocycles. The van der Waals surface area contributed by atoms with E-state index in [9.17, 15) is 18.0 Å². The second-order valence-electron chi connectivity index (χ2n) is 7.84. The van der Waals surface area contributed by atoms with Gasteiger partial charge in [0.05, 0.1) is 11.3 Å². The van der Waals surface area contributed by atoms with Crippen molar-refractivity contribution in [3.63, 3.8) is 0 Å². The zero-order valence-corrected chi connectivity index (χ0v) is 17.1. The first-order valence-electron chi connectivity index (χ1n) is 9.09. The van der Waals surface area contributed by atoms with Gasteiger partial charge in [-0.3, -0.25) is 9.59 Å². The summed E-state index contributed by atoms with van der Waals surface area (Å²) >= 11 is 0. The molecule has 1 saturated carbocycles. The lowest BCUT2D eigenvalue weighted by atomic mass is 9.87. The van der Waals surface area contributed by atoms with Crippen LogP contribution in [0.3, 0.4) is 0 Å². The maximum absolute atomic E-state index is 12.3. The number of nitrogens with one attached hydrogen (secondary N) is 2. The zero-order valence-electron chi connectivity index (χ0n) is 16.2. The first-order valence-corrected chi connectivity index (χ1v) is 10.6. The molecule has 1 aromatic rings. The van der Waals surface area contributed by atoms with Crippen LogP contribution in [-0.4, -0.2) is 39.0 Å². The van der Waals surface area contributed by atoms with Crippen LogP contribution in [-0.2, 0) is 29.8 Å². The van der Waals surface area contributed by atoms with E-state index in [-0.39, 0.29) is 35.2 Å². The molecule has 0 bridgehead atoms. The molecule has 1 atom stereocenters. The third-order valence-electron chi connectivity index (χ3n) is 4.25. The van der Waals surface area contributed by atoms with E-state index < -0.39 is 22.1 Å². The number of benzene rings is 1. The number of ether oxygens (including phenoxy) is 1. The second-order valence-corrected chi connectivity index (χ2v) is 9.60. The topological polar surface area (TPSA) is 102 Å². The summed E-state index contributed by atoms with van der Waals surface area (Å²) < 4.78 is 32.0. The smallest absolute Gasteiger partial charge is 0.307 e. The summed E-state index contributed by atoms with van der Waals surface area (Å²) in [4.78, 5) is 23.7. The Morgan fingerprint density at radius 2 is 1.78 bits per heavy atom. The van der Waals surface area contributed by atoms with Gasteiger partial charge < -0.3 is 10.1 Å². The van der Waals surface area contributed by atoms with Crippen molar-refractivity contribution in [2.45, 2.75) is 69.4 Å². The summed E-state index contributed by atoms with van der Waals surface area (Å²) in [7, 11) is -3.71. The molecule has 150 valence electrons. The van der Waals surface area contributed by atoms with Crippen molar-refractivity contribution in [1.29, 1.82) is 0 Å². The first kappa shape index (κ1) is 21.4. The number of carbonyl (C=O) groups is 2. The van der Waals surface area contributed by atoms with Crippen molar-refractivity contribution >= 4 is 21.9 Å². The van der Waals surface area contributed by atoms with Crippen LogP contribution in [0.5, 0.6) is 0 Å². The van der Waals surface area contributed by atoms with Crippen molar-refractivity contribution in [1.82, 2.24) is 10.0 Å². The Morgan fingerprint density at radius 1 is 1.19 bits per heavy atom. The molecule has 7 nitrogen and oxygen atoms in total. The number of carbonyl (C=O) groups excluding carboxylic acids is 2. The van der Waals surface area contributed by atoms with Crippen molar-refractivity contribution in [2.75, 3.05) is 6.54 Å². The Labute approximate surface area is 160 Å². The van der Waals surface area contributed by atoms with Crippen LogP contribution >= 0.6 is 0 Å². The van der Waals surface area contributed by atoms with Gasteiger partial charge in [0.25, 0.3) is 5.91 Å². The van der Waals surface area contributed by atoms with Crippen molar-refractivity contribution in [3.8, 4) is 0 Å². The molecule has 0 aromatic heterocycles. The first-order chi connectivity index (χ1) is 12.5. The minimum atomic E-state index is -3.71. The van der Waals surface area contributed by atoms with Crippen LogP contribution in [0.25, 0.3) is 0 Å². The van der Waals surface area contributed by atoms with Crippen LogP contribution in [0.2, 0.25) is 0 Å². The van der Waals surface area contributed by atoms with E-state index in [0.29, 0.717) is 0 Å². The minimum Gasteiger partial charge on any atom is -0.453 e. The lowest BCUT2D eigenvalue weighted by Gasteiger charge is -2.19. The Hall–Kier alpha value is -1.93. The van der Waals surface area contributed by atoms with Crippen molar-refractivity contribution < 1.29 is 22.7 Å². The van der Waals surface area contributed by atoms with Crippen LogP contribution in [0.15, 0.2) is 29.2 Å².